The number of anilines is 2. The zero-order valence-corrected chi connectivity index (χ0v) is 30.2. The van der Waals surface area contributed by atoms with Crippen LogP contribution in [-0.2, 0) is 0 Å². The van der Waals surface area contributed by atoms with Gasteiger partial charge < -0.3 is 20.4 Å². The Morgan fingerprint density at radius 2 is 1.88 bits per heavy atom. The van der Waals surface area contributed by atoms with Gasteiger partial charge in [-0.2, -0.15) is 10.4 Å². The number of urea groups is 1. The average molecular weight is 691 g/mol. The van der Waals surface area contributed by atoms with Crippen LogP contribution in [0.4, 0.5) is 15.6 Å². The lowest BCUT2D eigenvalue weighted by atomic mass is 9.92. The van der Waals surface area contributed by atoms with E-state index < -0.39 is 0 Å². The number of aromatic nitrogens is 5. The highest BCUT2D eigenvalue weighted by atomic mass is 35.5. The van der Waals surface area contributed by atoms with Crippen molar-refractivity contribution >= 4 is 46.1 Å². The summed E-state index contributed by atoms with van der Waals surface area (Å²) >= 11 is 1.59. The van der Waals surface area contributed by atoms with Crippen molar-refractivity contribution in [1.29, 1.82) is 5.26 Å². The first-order valence-electron chi connectivity index (χ1n) is 17.1. The molecular weight excluding hydrogens is 644 g/mol. The van der Waals surface area contributed by atoms with E-state index >= 15 is 0 Å². The zero-order valence-electron chi connectivity index (χ0n) is 28.5. The van der Waals surface area contributed by atoms with Crippen molar-refractivity contribution in [3.63, 3.8) is 0 Å². The van der Waals surface area contributed by atoms with Crippen LogP contribution in [0.1, 0.15) is 72.3 Å². The normalized spacial score (nSPS) is 19.2. The molecule has 2 aliphatic rings. The molecule has 4 aromatic heterocycles. The van der Waals surface area contributed by atoms with Crippen molar-refractivity contribution in [2.75, 3.05) is 36.4 Å². The second kappa shape index (κ2) is 15.5. The Labute approximate surface area is 293 Å². The first kappa shape index (κ1) is 35.4. The minimum atomic E-state index is 0. The molecule has 2 bridgehead atoms. The minimum Gasteiger partial charge on any atom is -0.382 e. The highest BCUT2D eigenvalue weighted by Gasteiger charge is 2.44. The van der Waals surface area contributed by atoms with Gasteiger partial charge >= 0.3 is 6.03 Å². The van der Waals surface area contributed by atoms with Crippen LogP contribution in [-0.4, -0.2) is 74.0 Å². The first-order valence-corrected chi connectivity index (χ1v) is 17.9. The van der Waals surface area contributed by atoms with Crippen molar-refractivity contribution in [2.24, 2.45) is 17.8 Å². The Bertz CT molecular complexity index is 1730. The fraction of sp³-hybridized carbons (Fsp3) is 0.543. The third-order valence-corrected chi connectivity index (χ3v) is 10.7. The molecule has 0 spiro atoms. The second-order valence-corrected chi connectivity index (χ2v) is 14.4. The molecule has 2 N–H and O–H groups in total. The maximum atomic E-state index is 13.4. The number of hydrogen-bond donors (Lipinski definition) is 2. The molecule has 11 nitrogen and oxygen atoms in total. The smallest absolute Gasteiger partial charge is 0.317 e. The van der Waals surface area contributed by atoms with Crippen LogP contribution in [0.3, 0.4) is 0 Å². The number of hydrogen-bond acceptors (Lipinski definition) is 9. The predicted molar refractivity (Wildman–Crippen MR) is 195 cm³/mol. The molecule has 13 heteroatoms. The quantitative estimate of drug-likeness (QED) is 0.161. The lowest BCUT2D eigenvalue weighted by molar-refractivity contribution is 0.179. The van der Waals surface area contributed by atoms with Gasteiger partial charge in [0.15, 0.2) is 5.01 Å². The van der Waals surface area contributed by atoms with Crippen LogP contribution < -0.4 is 15.5 Å². The molecule has 1 aliphatic heterocycles. The van der Waals surface area contributed by atoms with Crippen molar-refractivity contribution in [2.45, 2.75) is 78.8 Å². The molecule has 1 saturated carbocycles. The van der Waals surface area contributed by atoms with Crippen LogP contribution in [0.2, 0.25) is 0 Å². The highest BCUT2D eigenvalue weighted by Crippen LogP contribution is 2.41. The van der Waals surface area contributed by atoms with E-state index in [9.17, 15) is 10.1 Å². The SMILES string of the molecule is CCCN(CCC(C)CC)C(=O)NC1C2CC[C@H]1CN(c1nnc(-c3cnc(-c4ccc5cc(C#N)cnn45)cc3NC(C)C)s1)C2.Cl. The van der Waals surface area contributed by atoms with Gasteiger partial charge in [-0.05, 0) is 81.5 Å². The number of nitriles is 1. The van der Waals surface area contributed by atoms with E-state index in [2.05, 4.69) is 71.5 Å². The zero-order chi connectivity index (χ0) is 33.1. The van der Waals surface area contributed by atoms with E-state index in [1.165, 1.54) is 0 Å². The second-order valence-electron chi connectivity index (χ2n) is 13.5. The van der Waals surface area contributed by atoms with Gasteiger partial charge in [0.25, 0.3) is 0 Å². The van der Waals surface area contributed by atoms with E-state index in [-0.39, 0.29) is 30.5 Å². The summed E-state index contributed by atoms with van der Waals surface area (Å²) in [6, 6.07) is 10.4. The number of halogens is 1. The lowest BCUT2D eigenvalue weighted by Crippen LogP contribution is -2.55. The lowest BCUT2D eigenvalue weighted by Gasteiger charge is -2.39. The standard InChI is InChI=1S/C35H46N10OS.ClH/c1-6-13-43(14-12-23(5)7-2)34(46)40-32-25-8-9-26(32)21-44(20-25)35-42-41-33(47-35)28-19-37-30(16-29(28)39-22(3)4)31-11-10-27-15-24(17-36)18-38-45(27)31;/h10-11,15-16,18-19,22-23,25-26,32H,6-9,12-14,20-21H2,1-5H3,(H,37,39)(H,40,46);1H/t23?,25-,26?,32?;/m0./s1. The van der Waals surface area contributed by atoms with Gasteiger partial charge in [-0.25, -0.2) is 9.31 Å². The number of amides is 2. The van der Waals surface area contributed by atoms with Gasteiger partial charge in [0, 0.05) is 50.1 Å². The molecule has 2 amide bonds. The number of carbonyl (C=O) groups excluding carboxylic acids is 1. The van der Waals surface area contributed by atoms with E-state index in [1.807, 2.05) is 35.4 Å². The third kappa shape index (κ3) is 7.52. The number of rotatable bonds is 12. The number of nitrogens with zero attached hydrogens (tertiary/aromatic N) is 8. The van der Waals surface area contributed by atoms with Crippen molar-refractivity contribution < 1.29 is 4.79 Å². The van der Waals surface area contributed by atoms with Gasteiger partial charge in [0.1, 0.15) is 6.07 Å². The van der Waals surface area contributed by atoms with Gasteiger partial charge in [0.05, 0.1) is 34.2 Å². The summed E-state index contributed by atoms with van der Waals surface area (Å²) in [5, 5.41) is 31.8. The van der Waals surface area contributed by atoms with Gasteiger partial charge in [0.2, 0.25) is 5.13 Å². The summed E-state index contributed by atoms with van der Waals surface area (Å²) in [4.78, 5) is 22.6. The number of carbonyl (C=O) groups is 1. The van der Waals surface area contributed by atoms with Crippen LogP contribution in [0.25, 0.3) is 27.5 Å². The topological polar surface area (TPSA) is 127 Å². The maximum Gasteiger partial charge on any atom is 0.317 e. The predicted octanol–water partition coefficient (Wildman–Crippen LogP) is 7.10. The number of pyridine rings is 1. The van der Waals surface area contributed by atoms with E-state index in [0.29, 0.717) is 23.3 Å². The van der Waals surface area contributed by atoms with Crippen LogP contribution >= 0.6 is 23.7 Å². The van der Waals surface area contributed by atoms with E-state index in [4.69, 9.17) is 4.98 Å². The van der Waals surface area contributed by atoms with Gasteiger partial charge in [-0.1, -0.05) is 38.5 Å². The minimum absolute atomic E-state index is 0. The summed E-state index contributed by atoms with van der Waals surface area (Å²) in [6.45, 7) is 14.2. The molecule has 1 aliphatic carbocycles. The van der Waals surface area contributed by atoms with Crippen LogP contribution in [0, 0.1) is 29.1 Å². The summed E-state index contributed by atoms with van der Waals surface area (Å²) in [7, 11) is 0. The van der Waals surface area contributed by atoms with Gasteiger partial charge in [-0.3, -0.25) is 4.98 Å². The Kier molecular flexibility index (Phi) is 11.4. The summed E-state index contributed by atoms with van der Waals surface area (Å²) in [5.74, 6) is 1.43. The number of fused-ring (bicyclic) bond motifs is 3. The molecule has 4 atom stereocenters. The van der Waals surface area contributed by atoms with Crippen molar-refractivity contribution in [3.8, 4) is 28.0 Å². The molecule has 0 aromatic carbocycles. The third-order valence-electron chi connectivity index (χ3n) is 9.65. The van der Waals surface area contributed by atoms with Crippen molar-refractivity contribution in [1.82, 2.24) is 35.0 Å². The fourth-order valence-corrected chi connectivity index (χ4v) is 7.80. The molecule has 4 aromatic rings. The molecule has 48 heavy (non-hydrogen) atoms. The Morgan fingerprint density at radius 1 is 1.10 bits per heavy atom. The molecule has 256 valence electrons. The molecule has 1 saturated heterocycles. The fourth-order valence-electron chi connectivity index (χ4n) is 6.92. The molecule has 6 rings (SSSR count). The van der Waals surface area contributed by atoms with Crippen LogP contribution in [0.5, 0.6) is 0 Å². The number of piperidine rings is 1. The molecule has 3 unspecified atom stereocenters. The summed E-state index contributed by atoms with van der Waals surface area (Å²) in [6.07, 6.45) is 8.83. The Morgan fingerprint density at radius 3 is 2.56 bits per heavy atom. The van der Waals surface area contributed by atoms with Gasteiger partial charge in [-0.15, -0.1) is 22.6 Å². The Hall–Kier alpha value is -3.95. The molecule has 0 radical (unpaired) electrons. The molecule has 5 heterocycles. The highest BCUT2D eigenvalue weighted by molar-refractivity contribution is 7.18. The molecule has 2 fully saturated rings. The summed E-state index contributed by atoms with van der Waals surface area (Å²) < 4.78 is 1.81. The average Bonchev–Trinajstić information content (AvgIpc) is 3.78. The Balaban J connectivity index is 0.00000451. The number of nitrogens with one attached hydrogen (secondary N) is 2. The first-order chi connectivity index (χ1) is 22.8. The van der Waals surface area contributed by atoms with Crippen molar-refractivity contribution in [3.05, 3.63) is 42.2 Å². The monoisotopic (exact) mass is 690 g/mol. The largest absolute Gasteiger partial charge is 0.382 e. The van der Waals surface area contributed by atoms with Crippen LogP contribution in [0.15, 0.2) is 36.7 Å². The van der Waals surface area contributed by atoms with E-state index in [1.54, 1.807) is 22.0 Å². The maximum absolute atomic E-state index is 13.4. The molecular formula is C35H47ClN10OS. The summed E-state index contributed by atoms with van der Waals surface area (Å²) in [5.41, 5.74) is 4.83. The van der Waals surface area contributed by atoms with E-state index in [0.717, 1.165) is 96.6 Å².